The van der Waals surface area contributed by atoms with E-state index in [1.807, 2.05) is 0 Å². The Morgan fingerprint density at radius 2 is 2.04 bits per heavy atom. The predicted octanol–water partition coefficient (Wildman–Crippen LogP) is 2.01. The average molecular weight is 328 g/mol. The van der Waals surface area contributed by atoms with E-state index in [2.05, 4.69) is 5.10 Å². The van der Waals surface area contributed by atoms with Gasteiger partial charge in [0.25, 0.3) is 5.56 Å². The molecule has 0 aliphatic rings. The fourth-order valence-electron chi connectivity index (χ4n) is 1.89. The van der Waals surface area contributed by atoms with Gasteiger partial charge < -0.3 is 9.84 Å². The van der Waals surface area contributed by atoms with E-state index in [1.165, 1.54) is 18.2 Å². The molecule has 5 nitrogen and oxygen atoms in total. The summed E-state index contributed by atoms with van der Waals surface area (Å²) in [6, 6.07) is 7.23. The molecule has 1 aromatic carbocycles. The number of alkyl halides is 3. The van der Waals surface area contributed by atoms with Crippen LogP contribution in [-0.2, 0) is 12.7 Å². The first-order chi connectivity index (χ1) is 10.8. The Bertz CT molecular complexity index is 728. The molecule has 0 saturated heterocycles. The normalized spacial score (nSPS) is 12.9. The maximum absolute atomic E-state index is 12.6. The Morgan fingerprint density at radius 3 is 2.74 bits per heavy atom. The van der Waals surface area contributed by atoms with Crippen molar-refractivity contribution in [1.29, 1.82) is 0 Å². The number of aromatic nitrogens is 2. The van der Waals surface area contributed by atoms with Crippen LogP contribution < -0.4 is 10.3 Å². The highest BCUT2D eigenvalue weighted by molar-refractivity contribution is 5.30. The van der Waals surface area contributed by atoms with Crippen molar-refractivity contribution in [3.63, 3.8) is 0 Å². The molecule has 0 aliphatic carbocycles. The maximum Gasteiger partial charge on any atom is 0.416 e. The molecule has 1 atom stereocenters. The summed E-state index contributed by atoms with van der Waals surface area (Å²) < 4.78 is 44.0. The lowest BCUT2D eigenvalue weighted by molar-refractivity contribution is -0.137. The molecule has 124 valence electrons. The summed E-state index contributed by atoms with van der Waals surface area (Å²) in [7, 11) is 0. The van der Waals surface area contributed by atoms with E-state index in [0.717, 1.165) is 16.8 Å². The number of benzene rings is 1. The van der Waals surface area contributed by atoms with Crippen LogP contribution in [0.15, 0.2) is 41.2 Å². The molecule has 1 N–H and O–H groups in total. The third-order valence-electron chi connectivity index (χ3n) is 2.99. The van der Waals surface area contributed by atoms with Crippen molar-refractivity contribution in [3.8, 4) is 5.75 Å². The number of hydrogen-bond acceptors (Lipinski definition) is 4. The van der Waals surface area contributed by atoms with Crippen LogP contribution in [0.3, 0.4) is 0 Å². The Hall–Kier alpha value is -2.35. The van der Waals surface area contributed by atoms with Gasteiger partial charge in [-0.1, -0.05) is 6.07 Å². The highest BCUT2D eigenvalue weighted by Crippen LogP contribution is 2.31. The Labute approximate surface area is 129 Å². The van der Waals surface area contributed by atoms with Gasteiger partial charge >= 0.3 is 6.18 Å². The third-order valence-corrected chi connectivity index (χ3v) is 2.99. The standard InChI is InChI=1S/C15H15F3N2O3/c1-10-5-6-14(22)20(19-10)8-12(21)9-23-13-4-2-3-11(7-13)15(16,17)18/h2-7,12,21H,8-9H2,1H3. The van der Waals surface area contributed by atoms with E-state index in [4.69, 9.17) is 4.74 Å². The van der Waals surface area contributed by atoms with E-state index in [-0.39, 0.29) is 24.5 Å². The van der Waals surface area contributed by atoms with Gasteiger partial charge in [-0.25, -0.2) is 4.68 Å². The molecule has 1 aromatic heterocycles. The lowest BCUT2D eigenvalue weighted by atomic mass is 10.2. The van der Waals surface area contributed by atoms with Crippen molar-refractivity contribution in [1.82, 2.24) is 9.78 Å². The minimum Gasteiger partial charge on any atom is -0.491 e. The molecule has 2 rings (SSSR count). The highest BCUT2D eigenvalue weighted by atomic mass is 19.4. The summed E-state index contributed by atoms with van der Waals surface area (Å²) in [5.41, 5.74) is -0.606. The molecule has 1 heterocycles. The smallest absolute Gasteiger partial charge is 0.416 e. The third kappa shape index (κ3) is 4.82. The number of aryl methyl sites for hydroxylation is 1. The minimum atomic E-state index is -4.46. The van der Waals surface area contributed by atoms with E-state index >= 15 is 0 Å². The van der Waals surface area contributed by atoms with Crippen molar-refractivity contribution >= 4 is 0 Å². The average Bonchev–Trinajstić information content (AvgIpc) is 2.48. The second-order valence-corrected chi connectivity index (χ2v) is 4.99. The van der Waals surface area contributed by atoms with Gasteiger partial charge in [0.2, 0.25) is 0 Å². The molecule has 8 heteroatoms. The van der Waals surface area contributed by atoms with E-state index in [9.17, 15) is 23.1 Å². The van der Waals surface area contributed by atoms with Crippen LogP contribution in [-0.4, -0.2) is 27.6 Å². The van der Waals surface area contributed by atoms with Crippen LogP contribution in [0, 0.1) is 6.92 Å². The van der Waals surface area contributed by atoms with Gasteiger partial charge in [0.05, 0.1) is 17.8 Å². The highest BCUT2D eigenvalue weighted by Gasteiger charge is 2.30. The quantitative estimate of drug-likeness (QED) is 0.912. The van der Waals surface area contributed by atoms with Gasteiger partial charge in [0.15, 0.2) is 0 Å². The summed E-state index contributed by atoms with van der Waals surface area (Å²) in [6.45, 7) is 1.32. The zero-order chi connectivity index (χ0) is 17.0. The monoisotopic (exact) mass is 328 g/mol. The molecular formula is C15H15F3N2O3. The van der Waals surface area contributed by atoms with Crippen LogP contribution >= 0.6 is 0 Å². The van der Waals surface area contributed by atoms with Crippen molar-refractivity contribution in [2.45, 2.75) is 25.7 Å². The van der Waals surface area contributed by atoms with Crippen LogP contribution in [0.4, 0.5) is 13.2 Å². The first kappa shape index (κ1) is 17.0. The minimum absolute atomic E-state index is 0.0107. The molecule has 0 fully saturated rings. The second-order valence-electron chi connectivity index (χ2n) is 4.99. The van der Waals surface area contributed by atoms with Crippen molar-refractivity contribution in [3.05, 3.63) is 58.0 Å². The molecular weight excluding hydrogens is 313 g/mol. The van der Waals surface area contributed by atoms with Gasteiger partial charge in [-0.2, -0.15) is 18.3 Å². The van der Waals surface area contributed by atoms with E-state index < -0.39 is 17.8 Å². The first-order valence-electron chi connectivity index (χ1n) is 6.78. The number of aliphatic hydroxyl groups excluding tert-OH is 1. The van der Waals surface area contributed by atoms with Crippen molar-refractivity contribution in [2.75, 3.05) is 6.61 Å². The number of halogens is 3. The summed E-state index contributed by atoms with van der Waals surface area (Å²) in [4.78, 5) is 11.6. The van der Waals surface area contributed by atoms with Gasteiger partial charge in [-0.3, -0.25) is 4.79 Å². The molecule has 2 aromatic rings. The molecule has 0 aliphatic heterocycles. The maximum atomic E-state index is 12.6. The molecule has 0 radical (unpaired) electrons. The lowest BCUT2D eigenvalue weighted by Gasteiger charge is -2.14. The number of hydrogen-bond donors (Lipinski definition) is 1. The molecule has 0 saturated carbocycles. The number of aliphatic hydroxyl groups is 1. The number of rotatable bonds is 5. The summed E-state index contributed by atoms with van der Waals surface area (Å²) in [5.74, 6) is -0.0107. The number of ether oxygens (including phenoxy) is 1. The summed E-state index contributed by atoms with van der Waals surface area (Å²) >= 11 is 0. The van der Waals surface area contributed by atoms with Crippen LogP contribution in [0.5, 0.6) is 5.75 Å². The largest absolute Gasteiger partial charge is 0.491 e. The van der Waals surface area contributed by atoms with Gasteiger partial charge in [0.1, 0.15) is 18.5 Å². The van der Waals surface area contributed by atoms with Gasteiger partial charge in [-0.05, 0) is 31.2 Å². The molecule has 0 amide bonds. The van der Waals surface area contributed by atoms with Crippen LogP contribution in [0.1, 0.15) is 11.3 Å². The second kappa shape index (κ2) is 6.82. The molecule has 0 bridgehead atoms. The Morgan fingerprint density at radius 1 is 1.30 bits per heavy atom. The molecule has 23 heavy (non-hydrogen) atoms. The zero-order valence-corrected chi connectivity index (χ0v) is 12.2. The van der Waals surface area contributed by atoms with Crippen LogP contribution in [0.25, 0.3) is 0 Å². The zero-order valence-electron chi connectivity index (χ0n) is 12.2. The fraction of sp³-hybridized carbons (Fsp3) is 0.333. The van der Waals surface area contributed by atoms with Crippen LogP contribution in [0.2, 0.25) is 0 Å². The van der Waals surface area contributed by atoms with Gasteiger partial charge in [-0.15, -0.1) is 0 Å². The fourth-order valence-corrected chi connectivity index (χ4v) is 1.89. The summed E-state index contributed by atoms with van der Waals surface area (Å²) in [6.07, 6.45) is -5.55. The van der Waals surface area contributed by atoms with E-state index in [0.29, 0.717) is 5.69 Å². The Balaban J connectivity index is 1.98. The topological polar surface area (TPSA) is 64.4 Å². The number of nitrogens with zero attached hydrogens (tertiary/aromatic N) is 2. The van der Waals surface area contributed by atoms with Gasteiger partial charge in [0, 0.05) is 6.07 Å². The predicted molar refractivity (Wildman–Crippen MR) is 76.2 cm³/mol. The lowest BCUT2D eigenvalue weighted by Crippen LogP contribution is -2.31. The van der Waals surface area contributed by atoms with E-state index in [1.54, 1.807) is 13.0 Å². The summed E-state index contributed by atoms with van der Waals surface area (Å²) in [5, 5.41) is 13.8. The SMILES string of the molecule is Cc1ccc(=O)n(CC(O)COc2cccc(C(F)(F)F)c2)n1. The molecule has 1 unspecified atom stereocenters. The van der Waals surface area contributed by atoms with Crippen molar-refractivity contribution in [2.24, 2.45) is 0 Å². The Kier molecular flexibility index (Phi) is 5.05. The molecule has 0 spiro atoms. The van der Waals surface area contributed by atoms with Crippen molar-refractivity contribution < 1.29 is 23.0 Å². The first-order valence-corrected chi connectivity index (χ1v) is 6.78.